The fourth-order valence-corrected chi connectivity index (χ4v) is 4.16. The molecule has 0 unspecified atom stereocenters. The van der Waals surface area contributed by atoms with E-state index in [1.54, 1.807) is 17.8 Å². The molecule has 5 rings (SSSR count). The second-order valence-electron chi connectivity index (χ2n) is 6.70. The summed E-state index contributed by atoms with van der Waals surface area (Å²) >= 11 is 1.21. The van der Waals surface area contributed by atoms with E-state index < -0.39 is 5.91 Å². The van der Waals surface area contributed by atoms with Gasteiger partial charge in [0.2, 0.25) is 0 Å². The summed E-state index contributed by atoms with van der Waals surface area (Å²) in [5.41, 5.74) is 8.42. The molecule has 0 radical (unpaired) electrons. The minimum Gasteiger partial charge on any atom is -0.379 e. The van der Waals surface area contributed by atoms with Crippen molar-refractivity contribution in [3.8, 4) is 11.4 Å². The Morgan fingerprint density at radius 2 is 1.97 bits per heavy atom. The number of morpholine rings is 1. The van der Waals surface area contributed by atoms with Crippen molar-refractivity contribution in [2.24, 2.45) is 5.73 Å². The molecule has 0 spiro atoms. The van der Waals surface area contributed by atoms with E-state index >= 15 is 0 Å². The molecule has 0 saturated carbocycles. The average molecular weight is 421 g/mol. The first-order valence-corrected chi connectivity index (χ1v) is 10.4. The molecule has 10 heteroatoms. The van der Waals surface area contributed by atoms with E-state index in [1.165, 1.54) is 11.3 Å². The number of benzene rings is 1. The van der Waals surface area contributed by atoms with Gasteiger partial charge in [0.25, 0.3) is 5.91 Å². The molecule has 4 aromatic rings. The molecule has 0 bridgehead atoms. The van der Waals surface area contributed by atoms with Crippen molar-refractivity contribution in [3.05, 3.63) is 59.3 Å². The Morgan fingerprint density at radius 3 is 2.70 bits per heavy atom. The van der Waals surface area contributed by atoms with Gasteiger partial charge in [-0.25, -0.2) is 20.0 Å². The van der Waals surface area contributed by atoms with Crippen molar-refractivity contribution >= 4 is 34.4 Å². The van der Waals surface area contributed by atoms with Crippen molar-refractivity contribution in [1.29, 1.82) is 0 Å². The molecule has 4 heterocycles. The number of hydrogen-bond acceptors (Lipinski definition) is 8. The van der Waals surface area contributed by atoms with Crippen LogP contribution in [0.2, 0.25) is 0 Å². The predicted molar refractivity (Wildman–Crippen MR) is 114 cm³/mol. The summed E-state index contributed by atoms with van der Waals surface area (Å²) in [5.74, 6) is 0.169. The molecule has 0 atom stereocenters. The SMILES string of the molecule is NC(=O)c1nc(-c2cnc(N(c3ccccc3)N3CCOCC3)c3nccn23)cs1. The Labute approximate surface area is 176 Å². The number of para-hydroxylation sites is 1. The molecule has 1 aliphatic rings. The van der Waals surface area contributed by atoms with Gasteiger partial charge in [-0.1, -0.05) is 18.2 Å². The molecule has 1 aliphatic heterocycles. The highest BCUT2D eigenvalue weighted by molar-refractivity contribution is 7.12. The maximum atomic E-state index is 11.4. The Hall–Kier alpha value is -3.34. The average Bonchev–Trinajstić information content (AvgIpc) is 3.46. The van der Waals surface area contributed by atoms with Crippen molar-refractivity contribution in [2.75, 3.05) is 31.3 Å². The molecule has 1 amide bonds. The maximum Gasteiger partial charge on any atom is 0.277 e. The van der Waals surface area contributed by atoms with Crippen molar-refractivity contribution in [2.45, 2.75) is 0 Å². The summed E-state index contributed by atoms with van der Waals surface area (Å²) in [6, 6.07) is 10.1. The number of hydrogen-bond donors (Lipinski definition) is 1. The number of thiazole rings is 1. The highest BCUT2D eigenvalue weighted by Gasteiger charge is 2.25. The fourth-order valence-electron chi connectivity index (χ4n) is 3.49. The quantitative estimate of drug-likeness (QED) is 0.528. The maximum absolute atomic E-state index is 11.4. The lowest BCUT2D eigenvalue weighted by Gasteiger charge is -2.38. The molecule has 9 nitrogen and oxygen atoms in total. The number of primary amides is 1. The van der Waals surface area contributed by atoms with Crippen LogP contribution in [0.5, 0.6) is 0 Å². The zero-order valence-electron chi connectivity index (χ0n) is 16.0. The van der Waals surface area contributed by atoms with Crippen LogP contribution < -0.4 is 10.7 Å². The van der Waals surface area contributed by atoms with Crippen LogP contribution >= 0.6 is 11.3 Å². The van der Waals surface area contributed by atoms with E-state index in [2.05, 4.69) is 20.0 Å². The third-order valence-corrected chi connectivity index (χ3v) is 5.72. The summed E-state index contributed by atoms with van der Waals surface area (Å²) in [6.45, 7) is 2.81. The van der Waals surface area contributed by atoms with Crippen molar-refractivity contribution < 1.29 is 9.53 Å². The van der Waals surface area contributed by atoms with E-state index in [-0.39, 0.29) is 5.01 Å². The first-order valence-electron chi connectivity index (χ1n) is 9.48. The summed E-state index contributed by atoms with van der Waals surface area (Å²) < 4.78 is 7.47. The van der Waals surface area contributed by atoms with E-state index in [0.29, 0.717) is 30.4 Å². The molecule has 30 heavy (non-hydrogen) atoms. The van der Waals surface area contributed by atoms with Crippen LogP contribution in [0.1, 0.15) is 9.80 Å². The van der Waals surface area contributed by atoms with Gasteiger partial charge in [-0.05, 0) is 12.1 Å². The molecule has 1 aromatic carbocycles. The summed E-state index contributed by atoms with van der Waals surface area (Å²) in [4.78, 5) is 25.1. The van der Waals surface area contributed by atoms with Crippen molar-refractivity contribution in [3.63, 3.8) is 0 Å². The van der Waals surface area contributed by atoms with Gasteiger partial charge in [0.05, 0.1) is 30.8 Å². The number of nitrogens with two attached hydrogens (primary N) is 1. The number of amides is 1. The van der Waals surface area contributed by atoms with E-state index in [0.717, 1.165) is 24.5 Å². The lowest BCUT2D eigenvalue weighted by Crippen LogP contribution is -2.47. The largest absolute Gasteiger partial charge is 0.379 e. The first-order chi connectivity index (χ1) is 14.7. The topological polar surface area (TPSA) is 102 Å². The van der Waals surface area contributed by atoms with Crippen LogP contribution in [0.4, 0.5) is 11.5 Å². The molecule has 152 valence electrons. The van der Waals surface area contributed by atoms with Gasteiger partial charge < -0.3 is 10.5 Å². The predicted octanol–water partition coefficient (Wildman–Crippen LogP) is 2.34. The minimum atomic E-state index is -0.541. The molecule has 3 aromatic heterocycles. The Kier molecular flexibility index (Phi) is 4.87. The Bertz CT molecular complexity index is 1180. The summed E-state index contributed by atoms with van der Waals surface area (Å²) in [7, 11) is 0. The molecule has 1 saturated heterocycles. The fraction of sp³-hybridized carbons (Fsp3) is 0.200. The highest BCUT2D eigenvalue weighted by Crippen LogP contribution is 2.32. The number of carbonyl (C=O) groups excluding carboxylic acids is 1. The highest BCUT2D eigenvalue weighted by atomic mass is 32.1. The van der Waals surface area contributed by atoms with Gasteiger partial charge in [-0.3, -0.25) is 14.2 Å². The van der Waals surface area contributed by atoms with Crippen LogP contribution in [-0.2, 0) is 4.74 Å². The third-order valence-electron chi connectivity index (χ3n) is 4.86. The van der Waals surface area contributed by atoms with Gasteiger partial charge in [-0.15, -0.1) is 11.3 Å². The number of anilines is 2. The molecule has 0 aliphatic carbocycles. The van der Waals surface area contributed by atoms with Gasteiger partial charge in [0, 0.05) is 30.9 Å². The molecule has 2 N–H and O–H groups in total. The Morgan fingerprint density at radius 1 is 1.17 bits per heavy atom. The number of nitrogens with zero attached hydrogens (tertiary/aromatic N) is 6. The number of hydrazine groups is 1. The van der Waals surface area contributed by atoms with Gasteiger partial charge in [0.15, 0.2) is 16.5 Å². The van der Waals surface area contributed by atoms with E-state index in [1.807, 2.05) is 40.9 Å². The molecule has 1 fully saturated rings. The minimum absolute atomic E-state index is 0.265. The van der Waals surface area contributed by atoms with Crippen molar-refractivity contribution in [1.82, 2.24) is 24.4 Å². The van der Waals surface area contributed by atoms with Crippen LogP contribution in [-0.4, -0.2) is 56.6 Å². The smallest absolute Gasteiger partial charge is 0.277 e. The normalized spacial score (nSPS) is 14.8. The van der Waals surface area contributed by atoms with Gasteiger partial charge in [0.1, 0.15) is 5.69 Å². The number of rotatable bonds is 5. The second kappa shape index (κ2) is 7.82. The number of fused-ring (bicyclic) bond motifs is 1. The zero-order chi connectivity index (χ0) is 20.5. The molecular weight excluding hydrogens is 402 g/mol. The number of aromatic nitrogens is 4. The summed E-state index contributed by atoms with van der Waals surface area (Å²) in [6.07, 6.45) is 5.34. The van der Waals surface area contributed by atoms with Crippen LogP contribution in [0.15, 0.2) is 54.3 Å². The van der Waals surface area contributed by atoms with Gasteiger partial charge >= 0.3 is 0 Å². The van der Waals surface area contributed by atoms with E-state index in [9.17, 15) is 4.79 Å². The first kappa shape index (κ1) is 18.7. The lowest BCUT2D eigenvalue weighted by molar-refractivity contribution is 0.0376. The van der Waals surface area contributed by atoms with Crippen LogP contribution in [0, 0.1) is 0 Å². The lowest BCUT2D eigenvalue weighted by atomic mass is 10.3. The van der Waals surface area contributed by atoms with E-state index in [4.69, 9.17) is 15.5 Å². The number of ether oxygens (including phenoxy) is 1. The summed E-state index contributed by atoms with van der Waals surface area (Å²) in [5, 5.41) is 6.36. The zero-order valence-corrected chi connectivity index (χ0v) is 16.8. The van der Waals surface area contributed by atoms with Crippen LogP contribution in [0.3, 0.4) is 0 Å². The second-order valence-corrected chi connectivity index (χ2v) is 7.56. The third kappa shape index (κ3) is 3.30. The monoisotopic (exact) mass is 421 g/mol. The number of imidazole rings is 1. The Balaban J connectivity index is 1.64. The molecular formula is C20H19N7O2S. The van der Waals surface area contributed by atoms with Crippen LogP contribution in [0.25, 0.3) is 17.0 Å². The number of carbonyl (C=O) groups is 1. The standard InChI is InChI=1S/C20H19N7O2S/c21-17(28)20-24-15(13-30-20)16-12-23-19(18-22-6-7-26(16)18)27(14-4-2-1-3-5-14)25-8-10-29-11-9-25/h1-7,12-13H,8-11H2,(H2,21,28). The van der Waals surface area contributed by atoms with Gasteiger partial charge in [-0.2, -0.15) is 0 Å².